The fourth-order valence-electron chi connectivity index (χ4n) is 2.98. The number of hydrogen-bond donors (Lipinski definition) is 0. The smallest absolute Gasteiger partial charge is 0.338 e. The van der Waals surface area contributed by atoms with Crippen LogP contribution >= 0.6 is 0 Å². The molecule has 1 aliphatic heterocycles. The molecule has 3 rings (SSSR count). The molecule has 0 amide bonds. The van der Waals surface area contributed by atoms with Crippen LogP contribution in [0.15, 0.2) is 47.4 Å². The SMILES string of the molecule is COc1ccccc1COC(=O)c1ccc(C)c(S(=O)(=O)N2CCOCC2)c1. The monoisotopic (exact) mass is 405 g/mol. The van der Waals surface area contributed by atoms with Crippen molar-refractivity contribution in [3.63, 3.8) is 0 Å². The molecule has 0 N–H and O–H groups in total. The van der Waals surface area contributed by atoms with Gasteiger partial charge in [-0.1, -0.05) is 24.3 Å². The number of carbonyl (C=O) groups is 1. The van der Waals surface area contributed by atoms with Crippen molar-refractivity contribution in [3.05, 3.63) is 59.2 Å². The third-order valence-corrected chi connectivity index (χ3v) is 6.60. The normalized spacial score (nSPS) is 15.2. The third kappa shape index (κ3) is 4.35. The summed E-state index contributed by atoms with van der Waals surface area (Å²) in [4.78, 5) is 12.6. The van der Waals surface area contributed by atoms with E-state index >= 15 is 0 Å². The van der Waals surface area contributed by atoms with Gasteiger partial charge in [-0.05, 0) is 30.7 Å². The second-order valence-electron chi connectivity index (χ2n) is 6.38. The van der Waals surface area contributed by atoms with Crippen LogP contribution in [0.2, 0.25) is 0 Å². The van der Waals surface area contributed by atoms with Gasteiger partial charge in [-0.2, -0.15) is 4.31 Å². The van der Waals surface area contributed by atoms with E-state index in [-0.39, 0.29) is 17.1 Å². The number of methoxy groups -OCH3 is 1. The Labute approximate surface area is 164 Å². The number of nitrogens with zero attached hydrogens (tertiary/aromatic N) is 1. The fraction of sp³-hybridized carbons (Fsp3) is 0.350. The van der Waals surface area contributed by atoms with Crippen LogP contribution in [0, 0.1) is 6.92 Å². The molecule has 28 heavy (non-hydrogen) atoms. The highest BCUT2D eigenvalue weighted by molar-refractivity contribution is 7.89. The Balaban J connectivity index is 1.79. The Kier molecular flexibility index (Phi) is 6.33. The van der Waals surface area contributed by atoms with Crippen LogP contribution in [0.25, 0.3) is 0 Å². The van der Waals surface area contributed by atoms with Crippen molar-refractivity contribution in [2.75, 3.05) is 33.4 Å². The van der Waals surface area contributed by atoms with Crippen LogP contribution in [0.3, 0.4) is 0 Å². The van der Waals surface area contributed by atoms with Crippen LogP contribution in [0.5, 0.6) is 5.75 Å². The zero-order valence-corrected chi connectivity index (χ0v) is 16.7. The molecule has 0 unspecified atom stereocenters. The number of sulfonamides is 1. The lowest BCUT2D eigenvalue weighted by atomic mass is 10.1. The minimum absolute atomic E-state index is 0.0300. The average Bonchev–Trinajstić information content (AvgIpc) is 2.73. The van der Waals surface area contributed by atoms with Gasteiger partial charge in [0.05, 0.1) is 30.8 Å². The van der Waals surface area contributed by atoms with Gasteiger partial charge in [0.2, 0.25) is 10.0 Å². The summed E-state index contributed by atoms with van der Waals surface area (Å²) in [7, 11) is -2.16. The van der Waals surface area contributed by atoms with Crippen LogP contribution in [-0.4, -0.2) is 52.1 Å². The number of aryl methyl sites for hydroxylation is 1. The van der Waals surface area contributed by atoms with Gasteiger partial charge in [-0.3, -0.25) is 0 Å². The van der Waals surface area contributed by atoms with Gasteiger partial charge in [0.1, 0.15) is 12.4 Å². The van der Waals surface area contributed by atoms with Gasteiger partial charge in [0.15, 0.2) is 0 Å². The van der Waals surface area contributed by atoms with Gasteiger partial charge in [0, 0.05) is 18.7 Å². The summed E-state index contributed by atoms with van der Waals surface area (Å²) in [6, 6.07) is 11.8. The van der Waals surface area contributed by atoms with Crippen molar-refractivity contribution < 1.29 is 27.4 Å². The molecule has 1 heterocycles. The minimum Gasteiger partial charge on any atom is -0.496 e. The number of benzene rings is 2. The largest absolute Gasteiger partial charge is 0.496 e. The van der Waals surface area contributed by atoms with Crippen molar-refractivity contribution in [1.29, 1.82) is 0 Å². The molecule has 7 nitrogen and oxygen atoms in total. The van der Waals surface area contributed by atoms with Crippen LogP contribution < -0.4 is 4.74 Å². The molecule has 0 radical (unpaired) electrons. The maximum absolute atomic E-state index is 12.9. The Morgan fingerprint density at radius 2 is 1.86 bits per heavy atom. The molecular weight excluding hydrogens is 382 g/mol. The molecule has 0 bridgehead atoms. The maximum Gasteiger partial charge on any atom is 0.338 e. The van der Waals surface area contributed by atoms with E-state index < -0.39 is 16.0 Å². The topological polar surface area (TPSA) is 82.1 Å². The Bertz CT molecular complexity index is 951. The van der Waals surface area contributed by atoms with Gasteiger partial charge >= 0.3 is 5.97 Å². The quantitative estimate of drug-likeness (QED) is 0.687. The number of carbonyl (C=O) groups excluding carboxylic acids is 1. The van der Waals surface area contributed by atoms with Crippen molar-refractivity contribution in [1.82, 2.24) is 4.31 Å². The summed E-state index contributed by atoms with van der Waals surface area (Å²) >= 11 is 0. The first kappa shape index (κ1) is 20.3. The lowest BCUT2D eigenvalue weighted by Gasteiger charge is -2.26. The van der Waals surface area contributed by atoms with E-state index in [4.69, 9.17) is 14.2 Å². The Hall–Kier alpha value is -2.42. The molecule has 2 aromatic carbocycles. The number of para-hydroxylation sites is 1. The zero-order valence-electron chi connectivity index (χ0n) is 15.9. The van der Waals surface area contributed by atoms with E-state index in [0.29, 0.717) is 37.6 Å². The second-order valence-corrected chi connectivity index (χ2v) is 8.29. The molecule has 0 saturated carbocycles. The fourth-order valence-corrected chi connectivity index (χ4v) is 4.64. The standard InChI is InChI=1S/C20H23NO6S/c1-15-7-8-16(13-19(15)28(23,24)21-9-11-26-12-10-21)20(22)27-14-17-5-3-4-6-18(17)25-2/h3-8,13H,9-12,14H2,1-2H3. The summed E-state index contributed by atoms with van der Waals surface area (Å²) < 4.78 is 43.1. The predicted octanol–water partition coefficient (Wildman–Crippen LogP) is 2.38. The minimum atomic E-state index is -3.70. The molecule has 1 fully saturated rings. The van der Waals surface area contributed by atoms with Crippen LogP contribution in [0.4, 0.5) is 0 Å². The third-order valence-electron chi connectivity index (χ3n) is 4.56. The predicted molar refractivity (Wildman–Crippen MR) is 103 cm³/mol. The first-order valence-electron chi connectivity index (χ1n) is 8.91. The highest BCUT2D eigenvalue weighted by Crippen LogP contribution is 2.23. The molecule has 8 heteroatoms. The lowest BCUT2D eigenvalue weighted by Crippen LogP contribution is -2.40. The van der Waals surface area contributed by atoms with E-state index in [2.05, 4.69) is 0 Å². The van der Waals surface area contributed by atoms with E-state index in [1.807, 2.05) is 12.1 Å². The molecule has 150 valence electrons. The van der Waals surface area contributed by atoms with E-state index in [9.17, 15) is 13.2 Å². The maximum atomic E-state index is 12.9. The first-order valence-corrected chi connectivity index (χ1v) is 10.3. The number of morpholine rings is 1. The van der Waals surface area contributed by atoms with Crippen LogP contribution in [-0.2, 0) is 26.1 Å². The summed E-state index contributed by atoms with van der Waals surface area (Å²) in [6.07, 6.45) is 0. The van der Waals surface area contributed by atoms with Gasteiger partial charge < -0.3 is 14.2 Å². The van der Waals surface area contributed by atoms with Crippen molar-refractivity contribution in [3.8, 4) is 5.75 Å². The zero-order chi connectivity index (χ0) is 20.1. The molecule has 2 aromatic rings. The highest BCUT2D eigenvalue weighted by atomic mass is 32.2. The van der Waals surface area contributed by atoms with Gasteiger partial charge in [-0.15, -0.1) is 0 Å². The number of hydrogen-bond acceptors (Lipinski definition) is 6. The molecule has 0 aromatic heterocycles. The molecule has 1 saturated heterocycles. The van der Waals surface area contributed by atoms with Crippen molar-refractivity contribution in [2.45, 2.75) is 18.4 Å². The number of rotatable bonds is 6. The summed E-state index contributed by atoms with van der Waals surface area (Å²) in [5.74, 6) is 0.0270. The molecular formula is C20H23NO6S. The molecule has 0 atom stereocenters. The van der Waals surface area contributed by atoms with Crippen LogP contribution in [0.1, 0.15) is 21.5 Å². The highest BCUT2D eigenvalue weighted by Gasteiger charge is 2.28. The van der Waals surface area contributed by atoms with Gasteiger partial charge in [0.25, 0.3) is 0 Å². The van der Waals surface area contributed by atoms with E-state index in [1.165, 1.54) is 10.4 Å². The van der Waals surface area contributed by atoms with Crippen molar-refractivity contribution >= 4 is 16.0 Å². The Morgan fingerprint density at radius 3 is 2.57 bits per heavy atom. The van der Waals surface area contributed by atoms with Crippen molar-refractivity contribution in [2.24, 2.45) is 0 Å². The van der Waals surface area contributed by atoms with E-state index in [0.717, 1.165) is 5.56 Å². The lowest BCUT2D eigenvalue weighted by molar-refractivity contribution is 0.0470. The first-order chi connectivity index (χ1) is 13.4. The Morgan fingerprint density at radius 1 is 1.14 bits per heavy atom. The second kappa shape index (κ2) is 8.72. The number of esters is 1. The van der Waals surface area contributed by atoms with Gasteiger partial charge in [-0.25, -0.2) is 13.2 Å². The van der Waals surface area contributed by atoms with E-state index in [1.54, 1.807) is 38.3 Å². The molecule has 0 aliphatic carbocycles. The molecule has 1 aliphatic rings. The summed E-state index contributed by atoms with van der Waals surface area (Å²) in [6.45, 7) is 3.05. The summed E-state index contributed by atoms with van der Waals surface area (Å²) in [5.41, 5.74) is 1.49. The average molecular weight is 405 g/mol. The summed E-state index contributed by atoms with van der Waals surface area (Å²) in [5, 5.41) is 0. The molecule has 0 spiro atoms. The number of ether oxygens (including phenoxy) is 3.